The fraction of sp³-hybridized carbons (Fsp3) is 0.118. The third-order valence-corrected chi connectivity index (χ3v) is 6.63. The van der Waals surface area contributed by atoms with E-state index in [0.29, 0.717) is 36.0 Å². The van der Waals surface area contributed by atoms with Gasteiger partial charge in [0.1, 0.15) is 23.0 Å². The average molecular weight is 647 g/mol. The number of phenolic OH excluding ortho intramolecular Hbond substituents is 2. The molecule has 10 nitrogen and oxygen atoms in total. The Morgan fingerprint density at radius 2 is 1.07 bits per heavy atom. The van der Waals surface area contributed by atoms with Crippen LogP contribution in [0.15, 0.2) is 107 Å². The van der Waals surface area contributed by atoms with E-state index >= 15 is 0 Å². The van der Waals surface area contributed by atoms with Gasteiger partial charge in [-0.3, -0.25) is 9.98 Å². The number of hydrogen-bond acceptors (Lipinski definition) is 10. The number of rotatable bonds is 12. The summed E-state index contributed by atoms with van der Waals surface area (Å²) in [6, 6.07) is 25.9. The number of aromatic hydroxyl groups is 2. The molecule has 232 valence electrons. The molecule has 0 aliphatic carbocycles. The maximum atomic E-state index is 10.8. The molecule has 0 bridgehead atoms. The van der Waals surface area contributed by atoms with Crippen LogP contribution >= 0.6 is 0 Å². The van der Waals surface area contributed by atoms with Crippen LogP contribution in [0.5, 0.6) is 23.0 Å². The minimum absolute atomic E-state index is 0. The summed E-state index contributed by atoms with van der Waals surface area (Å²) in [6.07, 6.45) is 6.73. The third-order valence-electron chi connectivity index (χ3n) is 6.63. The number of nitrogens with zero attached hydrogens (tertiary/aromatic N) is 4. The number of aliphatic imine (C=N–C) groups is 2. The second-order valence-electron chi connectivity index (χ2n) is 9.61. The van der Waals surface area contributed by atoms with Gasteiger partial charge in [0.2, 0.25) is 0 Å². The predicted molar refractivity (Wildman–Crippen MR) is 173 cm³/mol. The molecule has 3 aromatic carbocycles. The van der Waals surface area contributed by atoms with E-state index in [-0.39, 0.29) is 28.0 Å². The van der Waals surface area contributed by atoms with Gasteiger partial charge in [-0.2, -0.15) is 0 Å². The van der Waals surface area contributed by atoms with Crippen LogP contribution in [0.2, 0.25) is 0 Å². The number of aromatic nitrogens is 2. The van der Waals surface area contributed by atoms with Gasteiger partial charge in [0, 0.05) is 65.5 Å². The summed E-state index contributed by atoms with van der Waals surface area (Å²) in [4.78, 5) is 17.7. The van der Waals surface area contributed by atoms with E-state index in [1.165, 1.54) is 14.2 Å². The summed E-state index contributed by atoms with van der Waals surface area (Å²) in [5.74, 6) is 1.96. The van der Waals surface area contributed by atoms with E-state index in [2.05, 4.69) is 30.6 Å². The van der Waals surface area contributed by atoms with Crippen LogP contribution in [-0.4, -0.2) is 46.8 Å². The molecule has 45 heavy (non-hydrogen) atoms. The van der Waals surface area contributed by atoms with Crippen LogP contribution in [0.3, 0.4) is 0 Å². The topological polar surface area (TPSA) is 133 Å². The second-order valence-corrected chi connectivity index (χ2v) is 9.61. The van der Waals surface area contributed by atoms with Gasteiger partial charge in [0.25, 0.3) is 0 Å². The Morgan fingerprint density at radius 1 is 0.644 bits per heavy atom. The Kier molecular flexibility index (Phi) is 11.5. The molecule has 0 saturated heterocycles. The molecule has 0 radical (unpaired) electrons. The van der Waals surface area contributed by atoms with Crippen molar-refractivity contribution >= 4 is 35.4 Å². The van der Waals surface area contributed by atoms with Crippen molar-refractivity contribution in [1.29, 1.82) is 0 Å². The van der Waals surface area contributed by atoms with Gasteiger partial charge in [-0.1, -0.05) is 36.4 Å². The van der Waals surface area contributed by atoms with Crippen LogP contribution in [0.4, 0.5) is 23.0 Å². The Balaban J connectivity index is 0.00000461. The zero-order valence-corrected chi connectivity index (χ0v) is 25.6. The van der Waals surface area contributed by atoms with E-state index in [0.717, 1.165) is 33.9 Å². The van der Waals surface area contributed by atoms with Crippen molar-refractivity contribution in [2.45, 2.75) is 13.1 Å². The normalized spacial score (nSPS) is 10.9. The monoisotopic (exact) mass is 646 g/mol. The first-order valence-corrected chi connectivity index (χ1v) is 13.8. The summed E-state index contributed by atoms with van der Waals surface area (Å²) in [7, 11) is 3.00. The quantitative estimate of drug-likeness (QED) is 0.0877. The molecule has 0 aliphatic heterocycles. The molecule has 11 heteroatoms. The molecule has 0 unspecified atom stereocenters. The SMILES string of the molecule is COc1cc(CNc2ccccn2)cc(N=Cc2ccccc2C=Nc2cc(CNc3ccccn3)cc(OC)c2O)c1O.[Ni]. The number of phenols is 2. The molecule has 5 rings (SSSR count). The number of ether oxygens (including phenoxy) is 2. The van der Waals surface area contributed by atoms with Gasteiger partial charge in [0.05, 0.1) is 14.2 Å². The fourth-order valence-electron chi connectivity index (χ4n) is 4.35. The first kappa shape index (κ1) is 32.5. The summed E-state index contributed by atoms with van der Waals surface area (Å²) >= 11 is 0. The van der Waals surface area contributed by atoms with Crippen molar-refractivity contribution in [3.63, 3.8) is 0 Å². The molecular weight excluding hydrogens is 615 g/mol. The molecule has 0 fully saturated rings. The fourth-order valence-corrected chi connectivity index (χ4v) is 4.35. The minimum Gasteiger partial charge on any atom is -0.503 e. The van der Waals surface area contributed by atoms with E-state index < -0.39 is 0 Å². The Labute approximate surface area is 271 Å². The van der Waals surface area contributed by atoms with E-state index in [9.17, 15) is 10.2 Å². The standard InChI is InChI=1S/C34H32N6O4.Ni/c1-43-29-17-23(19-39-31-11-5-7-13-35-31)15-27(33(29)41)37-21-25-9-3-4-10-26(25)22-38-28-16-24(18-30(44-2)34(28)42)20-40-32-12-6-8-14-36-32;/h3-18,21-22,41-42H,19-20H2,1-2H3,(H,35,39)(H,36,40);. The molecule has 0 amide bonds. The van der Waals surface area contributed by atoms with Crippen molar-refractivity contribution in [2.24, 2.45) is 9.98 Å². The van der Waals surface area contributed by atoms with Crippen LogP contribution < -0.4 is 20.1 Å². The minimum atomic E-state index is -0.0652. The number of pyridine rings is 2. The van der Waals surface area contributed by atoms with Gasteiger partial charge in [-0.15, -0.1) is 0 Å². The summed E-state index contributed by atoms with van der Waals surface area (Å²) in [6.45, 7) is 0.922. The maximum absolute atomic E-state index is 10.8. The van der Waals surface area contributed by atoms with E-state index in [1.54, 1.807) is 49.1 Å². The average Bonchev–Trinajstić information content (AvgIpc) is 3.07. The Morgan fingerprint density at radius 3 is 1.44 bits per heavy atom. The van der Waals surface area contributed by atoms with Crippen molar-refractivity contribution in [3.05, 3.63) is 120 Å². The molecule has 0 saturated carbocycles. The molecule has 0 spiro atoms. The number of anilines is 2. The molecule has 4 N–H and O–H groups in total. The largest absolute Gasteiger partial charge is 0.503 e. The molecule has 2 heterocycles. The summed E-state index contributed by atoms with van der Waals surface area (Å²) in [5.41, 5.74) is 3.93. The van der Waals surface area contributed by atoms with Gasteiger partial charge in [-0.05, 0) is 59.7 Å². The maximum Gasteiger partial charge on any atom is 0.183 e. The van der Waals surface area contributed by atoms with Crippen molar-refractivity contribution < 1.29 is 36.2 Å². The first-order chi connectivity index (χ1) is 21.5. The summed E-state index contributed by atoms with van der Waals surface area (Å²) < 4.78 is 10.8. The second kappa shape index (κ2) is 15.9. The van der Waals surface area contributed by atoms with Crippen LogP contribution in [-0.2, 0) is 29.6 Å². The van der Waals surface area contributed by atoms with Gasteiger partial charge in [0.15, 0.2) is 23.0 Å². The van der Waals surface area contributed by atoms with Crippen LogP contribution in [0.25, 0.3) is 0 Å². The summed E-state index contributed by atoms with van der Waals surface area (Å²) in [5, 5.41) is 28.1. The molecule has 2 aromatic heterocycles. The number of hydrogen-bond donors (Lipinski definition) is 4. The third kappa shape index (κ3) is 8.58. The number of benzene rings is 3. The van der Waals surface area contributed by atoms with Gasteiger partial charge >= 0.3 is 0 Å². The zero-order valence-electron chi connectivity index (χ0n) is 24.6. The van der Waals surface area contributed by atoms with Crippen LogP contribution in [0, 0.1) is 0 Å². The smallest absolute Gasteiger partial charge is 0.183 e. The van der Waals surface area contributed by atoms with E-state index in [4.69, 9.17) is 9.47 Å². The van der Waals surface area contributed by atoms with Gasteiger partial charge < -0.3 is 30.3 Å². The molecule has 5 aromatic rings. The Hall–Kier alpha value is -5.41. The van der Waals surface area contributed by atoms with E-state index in [1.807, 2.05) is 60.7 Å². The molecular formula is C34H32N6NiO4. The van der Waals surface area contributed by atoms with Crippen molar-refractivity contribution in [2.75, 3.05) is 24.9 Å². The van der Waals surface area contributed by atoms with Crippen molar-refractivity contribution in [1.82, 2.24) is 9.97 Å². The van der Waals surface area contributed by atoms with Crippen LogP contribution in [0.1, 0.15) is 22.3 Å². The number of methoxy groups -OCH3 is 2. The predicted octanol–water partition coefficient (Wildman–Crippen LogP) is 6.63. The molecule has 0 atom stereocenters. The molecule has 0 aliphatic rings. The first-order valence-electron chi connectivity index (χ1n) is 13.8. The number of nitrogens with one attached hydrogen (secondary N) is 2. The zero-order chi connectivity index (χ0) is 30.7. The Bertz CT molecular complexity index is 1640. The van der Waals surface area contributed by atoms with Gasteiger partial charge in [-0.25, -0.2) is 9.97 Å². The van der Waals surface area contributed by atoms with Crippen molar-refractivity contribution in [3.8, 4) is 23.0 Å².